The molecule has 0 unspecified atom stereocenters. The van der Waals surface area contributed by atoms with Crippen molar-refractivity contribution in [2.75, 3.05) is 0 Å². The van der Waals surface area contributed by atoms with Crippen molar-refractivity contribution in [2.45, 2.75) is 19.3 Å². The average molecular weight is 376 g/mol. The lowest BCUT2D eigenvalue weighted by molar-refractivity contribution is 0.0689. The van der Waals surface area contributed by atoms with E-state index in [1.54, 1.807) is 16.8 Å². The van der Waals surface area contributed by atoms with Crippen LogP contribution in [0.4, 0.5) is 0 Å². The number of benzene rings is 1. The van der Waals surface area contributed by atoms with E-state index in [0.717, 1.165) is 30.5 Å². The van der Waals surface area contributed by atoms with Gasteiger partial charge in [-0.25, -0.2) is 9.48 Å². The van der Waals surface area contributed by atoms with E-state index in [0.29, 0.717) is 20.2 Å². The molecule has 1 aromatic carbocycles. The van der Waals surface area contributed by atoms with Gasteiger partial charge in [0.15, 0.2) is 5.69 Å². The molecule has 4 nitrogen and oxygen atoms in total. The third-order valence-corrected chi connectivity index (χ3v) is 5.14. The van der Waals surface area contributed by atoms with Crippen LogP contribution in [0.5, 0.6) is 0 Å². The Bertz CT molecular complexity index is 728. The Kier molecular flexibility index (Phi) is 3.52. The molecule has 3 rings (SSSR count). The Morgan fingerprint density at radius 1 is 1.30 bits per heavy atom. The van der Waals surface area contributed by atoms with E-state index < -0.39 is 5.97 Å². The van der Waals surface area contributed by atoms with Gasteiger partial charge in [-0.15, -0.1) is 0 Å². The molecule has 1 aromatic heterocycles. The van der Waals surface area contributed by atoms with E-state index in [4.69, 9.17) is 23.2 Å². The zero-order valence-corrected chi connectivity index (χ0v) is 13.3. The van der Waals surface area contributed by atoms with Gasteiger partial charge in [0.1, 0.15) is 0 Å². The molecule has 0 radical (unpaired) electrons. The Labute approximate surface area is 133 Å². The van der Waals surface area contributed by atoms with E-state index in [9.17, 15) is 9.90 Å². The molecule has 0 atom stereocenters. The molecule has 0 bridgehead atoms. The number of aromatic nitrogens is 2. The minimum Gasteiger partial charge on any atom is -0.476 e. The van der Waals surface area contributed by atoms with Gasteiger partial charge < -0.3 is 5.11 Å². The van der Waals surface area contributed by atoms with Crippen LogP contribution in [0.3, 0.4) is 0 Å². The van der Waals surface area contributed by atoms with Gasteiger partial charge in [-0.1, -0.05) is 23.2 Å². The lowest BCUT2D eigenvalue weighted by Gasteiger charge is -2.10. The summed E-state index contributed by atoms with van der Waals surface area (Å²) in [4.78, 5) is 11.3. The molecule has 7 heteroatoms. The lowest BCUT2D eigenvalue weighted by atomic mass is 10.2. The number of rotatable bonds is 2. The van der Waals surface area contributed by atoms with Crippen LogP contribution in [0.1, 0.15) is 28.2 Å². The smallest absolute Gasteiger partial charge is 0.356 e. The molecule has 104 valence electrons. The lowest BCUT2D eigenvalue weighted by Crippen LogP contribution is -2.05. The predicted octanol–water partition coefficient (Wildman–Crippen LogP) is 4.13. The quantitative estimate of drug-likeness (QED) is 0.803. The third kappa shape index (κ3) is 2.05. The fourth-order valence-corrected chi connectivity index (χ4v) is 3.34. The maximum absolute atomic E-state index is 11.3. The van der Waals surface area contributed by atoms with E-state index >= 15 is 0 Å². The Balaban J connectivity index is 2.24. The topological polar surface area (TPSA) is 55.1 Å². The number of aromatic carboxylic acids is 1. The largest absolute Gasteiger partial charge is 0.476 e. The molecular weight excluding hydrogens is 367 g/mol. The summed E-state index contributed by atoms with van der Waals surface area (Å²) in [7, 11) is 0. The fraction of sp³-hybridized carbons (Fsp3) is 0.231. The number of nitrogens with zero attached hydrogens (tertiary/aromatic N) is 2. The van der Waals surface area contributed by atoms with Crippen LogP contribution in [0.2, 0.25) is 10.0 Å². The minimum atomic E-state index is -1.01. The second-order valence-electron chi connectivity index (χ2n) is 4.54. The second kappa shape index (κ2) is 5.06. The fourth-order valence-electron chi connectivity index (χ4n) is 2.49. The van der Waals surface area contributed by atoms with Crippen molar-refractivity contribution < 1.29 is 9.90 Å². The standard InChI is InChI=1S/C13H9BrCl2N2O2/c14-7-4-5-9(11(16)10(7)15)18-8-3-1-2-6(8)12(17-18)13(19)20/h4-5H,1-3H2,(H,19,20). The van der Waals surface area contributed by atoms with Crippen LogP contribution in [0.25, 0.3) is 5.69 Å². The Hall–Kier alpha value is -1.04. The molecule has 0 spiro atoms. The number of halogens is 3. The zero-order chi connectivity index (χ0) is 14.4. The van der Waals surface area contributed by atoms with Crippen molar-refractivity contribution in [1.82, 2.24) is 9.78 Å². The van der Waals surface area contributed by atoms with Crippen molar-refractivity contribution in [3.63, 3.8) is 0 Å². The van der Waals surface area contributed by atoms with Crippen LogP contribution < -0.4 is 0 Å². The normalized spacial score (nSPS) is 13.6. The number of carboxylic acids is 1. The maximum atomic E-state index is 11.3. The monoisotopic (exact) mass is 374 g/mol. The summed E-state index contributed by atoms with van der Waals surface area (Å²) in [6.07, 6.45) is 2.45. The molecule has 1 aliphatic carbocycles. The average Bonchev–Trinajstić information content (AvgIpc) is 2.98. The molecule has 0 amide bonds. The SMILES string of the molecule is O=C(O)c1nn(-c2ccc(Br)c(Cl)c2Cl)c2c1CCC2. The van der Waals surface area contributed by atoms with Gasteiger partial charge in [0, 0.05) is 15.7 Å². The molecule has 0 saturated carbocycles. The van der Waals surface area contributed by atoms with Crippen LogP contribution in [-0.2, 0) is 12.8 Å². The van der Waals surface area contributed by atoms with Crippen molar-refractivity contribution in [3.05, 3.63) is 43.6 Å². The summed E-state index contributed by atoms with van der Waals surface area (Å²) in [6.45, 7) is 0. The Morgan fingerprint density at radius 3 is 2.75 bits per heavy atom. The van der Waals surface area contributed by atoms with E-state index in [1.807, 2.05) is 0 Å². The molecule has 0 saturated heterocycles. The number of carboxylic acid groups (broad SMARTS) is 1. The Morgan fingerprint density at radius 2 is 2.05 bits per heavy atom. The minimum absolute atomic E-state index is 0.104. The molecule has 2 aromatic rings. The highest BCUT2D eigenvalue weighted by atomic mass is 79.9. The van der Waals surface area contributed by atoms with Crippen molar-refractivity contribution >= 4 is 45.1 Å². The first-order valence-electron chi connectivity index (χ1n) is 5.98. The van der Waals surface area contributed by atoms with Gasteiger partial charge in [0.05, 0.1) is 15.7 Å². The molecule has 20 heavy (non-hydrogen) atoms. The first-order valence-corrected chi connectivity index (χ1v) is 7.53. The summed E-state index contributed by atoms with van der Waals surface area (Å²) < 4.78 is 2.29. The maximum Gasteiger partial charge on any atom is 0.356 e. The van der Waals surface area contributed by atoms with Gasteiger partial charge >= 0.3 is 5.97 Å². The number of hydrogen-bond acceptors (Lipinski definition) is 2. The molecule has 0 aliphatic heterocycles. The highest BCUT2D eigenvalue weighted by Crippen LogP contribution is 2.37. The van der Waals surface area contributed by atoms with Gasteiger partial charge in [-0.05, 0) is 47.3 Å². The number of fused-ring (bicyclic) bond motifs is 1. The summed E-state index contributed by atoms with van der Waals surface area (Å²) in [6, 6.07) is 3.54. The first kappa shape index (κ1) is 13.9. The van der Waals surface area contributed by atoms with Crippen molar-refractivity contribution in [2.24, 2.45) is 0 Å². The molecule has 1 aliphatic rings. The highest BCUT2D eigenvalue weighted by Gasteiger charge is 2.27. The van der Waals surface area contributed by atoms with Gasteiger partial charge in [0.25, 0.3) is 0 Å². The summed E-state index contributed by atoms with van der Waals surface area (Å²) in [5.41, 5.74) is 2.41. The second-order valence-corrected chi connectivity index (χ2v) is 6.15. The van der Waals surface area contributed by atoms with Crippen LogP contribution in [0.15, 0.2) is 16.6 Å². The summed E-state index contributed by atoms with van der Waals surface area (Å²) in [5, 5.41) is 14.2. The van der Waals surface area contributed by atoms with Crippen LogP contribution in [-0.4, -0.2) is 20.9 Å². The summed E-state index contributed by atoms with van der Waals surface area (Å²) >= 11 is 15.7. The molecular formula is C13H9BrCl2N2O2. The van der Waals surface area contributed by atoms with Crippen LogP contribution >= 0.6 is 39.1 Å². The van der Waals surface area contributed by atoms with Crippen LogP contribution in [0, 0.1) is 0 Å². The number of carbonyl (C=O) groups is 1. The van der Waals surface area contributed by atoms with Crippen molar-refractivity contribution in [1.29, 1.82) is 0 Å². The molecule has 1 heterocycles. The van der Waals surface area contributed by atoms with E-state index in [-0.39, 0.29) is 5.69 Å². The van der Waals surface area contributed by atoms with E-state index in [1.165, 1.54) is 0 Å². The number of hydrogen-bond donors (Lipinski definition) is 1. The highest BCUT2D eigenvalue weighted by molar-refractivity contribution is 9.10. The molecule has 1 N–H and O–H groups in total. The first-order chi connectivity index (χ1) is 9.50. The molecule has 0 fully saturated rings. The van der Waals surface area contributed by atoms with Gasteiger partial charge in [-0.3, -0.25) is 0 Å². The van der Waals surface area contributed by atoms with E-state index in [2.05, 4.69) is 21.0 Å². The predicted molar refractivity (Wildman–Crippen MR) is 80.3 cm³/mol. The zero-order valence-electron chi connectivity index (χ0n) is 10.2. The summed E-state index contributed by atoms with van der Waals surface area (Å²) in [5.74, 6) is -1.01. The van der Waals surface area contributed by atoms with Gasteiger partial charge in [-0.2, -0.15) is 5.10 Å². The van der Waals surface area contributed by atoms with Crippen molar-refractivity contribution in [3.8, 4) is 5.69 Å². The van der Waals surface area contributed by atoms with Gasteiger partial charge in [0.2, 0.25) is 0 Å². The third-order valence-electron chi connectivity index (χ3n) is 3.38.